The van der Waals surface area contributed by atoms with E-state index < -0.39 is 0 Å². The lowest BCUT2D eigenvalue weighted by atomic mass is 9.99. The third-order valence-electron chi connectivity index (χ3n) is 3.29. The van der Waals surface area contributed by atoms with E-state index in [0.29, 0.717) is 19.3 Å². The second-order valence-electron chi connectivity index (χ2n) is 7.07. The molecule has 0 spiro atoms. The van der Waals surface area contributed by atoms with Crippen LogP contribution in [0.1, 0.15) is 60.3 Å². The second kappa shape index (κ2) is 8.23. The molecule has 1 rings (SSSR count). The van der Waals surface area contributed by atoms with E-state index >= 15 is 0 Å². The molecule has 0 amide bonds. The van der Waals surface area contributed by atoms with Gasteiger partial charge in [0.25, 0.3) is 0 Å². The van der Waals surface area contributed by atoms with Crippen LogP contribution in [0, 0.1) is 5.41 Å². The van der Waals surface area contributed by atoms with Crippen LogP contribution in [0.5, 0.6) is 0 Å². The van der Waals surface area contributed by atoms with Crippen LogP contribution >= 0.6 is 0 Å². The lowest BCUT2D eigenvalue weighted by Gasteiger charge is -2.23. The van der Waals surface area contributed by atoms with E-state index in [2.05, 4.69) is 34.6 Å². The van der Waals surface area contributed by atoms with Crippen molar-refractivity contribution in [2.75, 3.05) is 19.8 Å². The fraction of sp³-hybridized carbons (Fsp3) is 1.00. The highest BCUT2D eigenvalue weighted by Crippen LogP contribution is 2.21. The summed E-state index contributed by atoms with van der Waals surface area (Å²) in [6.07, 6.45) is 5.85. The molecule has 2 atom stereocenters. The first kappa shape index (κ1) is 16.9. The van der Waals surface area contributed by atoms with Gasteiger partial charge in [-0.25, -0.2) is 0 Å². The molecule has 0 aliphatic heterocycles. The lowest BCUT2D eigenvalue weighted by molar-refractivity contribution is -0.0780. The molecule has 0 saturated heterocycles. The van der Waals surface area contributed by atoms with Crippen molar-refractivity contribution in [3.8, 4) is 0 Å². The Balaban J connectivity index is 2.03. The zero-order valence-electron chi connectivity index (χ0n) is 13.4. The average Bonchev–Trinajstić information content (AvgIpc) is 2.83. The normalized spacial score (nSPS) is 20.7. The Morgan fingerprint density at radius 2 is 1.53 bits per heavy atom. The summed E-state index contributed by atoms with van der Waals surface area (Å²) < 4.78 is 17.4. The minimum atomic E-state index is 0.146. The summed E-state index contributed by atoms with van der Waals surface area (Å²) in [7, 11) is 0. The van der Waals surface area contributed by atoms with Crippen LogP contribution in [-0.2, 0) is 14.2 Å². The Labute approximate surface area is 119 Å². The van der Waals surface area contributed by atoms with Crippen LogP contribution in [0.2, 0.25) is 0 Å². The zero-order chi connectivity index (χ0) is 14.3. The van der Waals surface area contributed by atoms with Gasteiger partial charge in [-0.2, -0.15) is 0 Å². The van der Waals surface area contributed by atoms with Gasteiger partial charge in [0.2, 0.25) is 0 Å². The quantitative estimate of drug-likeness (QED) is 0.672. The number of rotatable bonds is 8. The van der Waals surface area contributed by atoms with Crippen LogP contribution in [0.4, 0.5) is 0 Å². The second-order valence-corrected chi connectivity index (χ2v) is 7.07. The molecule has 19 heavy (non-hydrogen) atoms. The largest absolute Gasteiger partial charge is 0.376 e. The van der Waals surface area contributed by atoms with E-state index in [1.807, 2.05) is 0 Å². The van der Waals surface area contributed by atoms with Crippen molar-refractivity contribution in [2.45, 2.75) is 78.6 Å². The molecule has 0 heterocycles. The van der Waals surface area contributed by atoms with Crippen molar-refractivity contribution in [3.05, 3.63) is 0 Å². The molecular formula is C16H32O3. The van der Waals surface area contributed by atoms with E-state index in [0.717, 1.165) is 6.61 Å². The first-order valence-corrected chi connectivity index (χ1v) is 7.71. The SMILES string of the molecule is CC(COC(C)COC1CCCC1)OCC(C)(C)C. The monoisotopic (exact) mass is 272 g/mol. The zero-order valence-corrected chi connectivity index (χ0v) is 13.4. The smallest absolute Gasteiger partial charge is 0.0781 e. The average molecular weight is 272 g/mol. The van der Waals surface area contributed by atoms with E-state index in [4.69, 9.17) is 14.2 Å². The van der Waals surface area contributed by atoms with Crippen LogP contribution < -0.4 is 0 Å². The van der Waals surface area contributed by atoms with Gasteiger partial charge in [-0.15, -0.1) is 0 Å². The molecule has 0 aromatic rings. The molecule has 1 fully saturated rings. The third-order valence-corrected chi connectivity index (χ3v) is 3.29. The number of hydrogen-bond donors (Lipinski definition) is 0. The molecule has 1 saturated carbocycles. The molecule has 3 heteroatoms. The van der Waals surface area contributed by atoms with Gasteiger partial charge in [-0.3, -0.25) is 0 Å². The predicted molar refractivity (Wildman–Crippen MR) is 78.5 cm³/mol. The summed E-state index contributed by atoms with van der Waals surface area (Å²) in [5.74, 6) is 0. The van der Waals surface area contributed by atoms with Crippen molar-refractivity contribution < 1.29 is 14.2 Å². The van der Waals surface area contributed by atoms with E-state index in [1.54, 1.807) is 0 Å². The van der Waals surface area contributed by atoms with Gasteiger partial charge in [-0.05, 0) is 32.1 Å². The van der Waals surface area contributed by atoms with Gasteiger partial charge in [0.1, 0.15) is 0 Å². The summed E-state index contributed by atoms with van der Waals surface area (Å²) in [6, 6.07) is 0. The first-order valence-electron chi connectivity index (χ1n) is 7.71. The van der Waals surface area contributed by atoms with Crippen LogP contribution in [-0.4, -0.2) is 38.1 Å². The fourth-order valence-electron chi connectivity index (χ4n) is 2.11. The van der Waals surface area contributed by atoms with Crippen molar-refractivity contribution in [2.24, 2.45) is 5.41 Å². The molecular weight excluding hydrogens is 240 g/mol. The molecule has 0 aromatic heterocycles. The maximum atomic E-state index is 5.85. The van der Waals surface area contributed by atoms with Gasteiger partial charge in [0.15, 0.2) is 0 Å². The van der Waals surface area contributed by atoms with Gasteiger partial charge in [-0.1, -0.05) is 33.6 Å². The maximum absolute atomic E-state index is 5.85. The predicted octanol–water partition coefficient (Wildman–Crippen LogP) is 3.80. The van der Waals surface area contributed by atoms with E-state index in [1.165, 1.54) is 25.7 Å². The molecule has 0 bridgehead atoms. The third kappa shape index (κ3) is 8.61. The Kier molecular flexibility index (Phi) is 7.33. The Bertz CT molecular complexity index is 229. The Morgan fingerprint density at radius 1 is 0.947 bits per heavy atom. The fourth-order valence-corrected chi connectivity index (χ4v) is 2.11. The molecule has 1 aliphatic carbocycles. The highest BCUT2D eigenvalue weighted by atomic mass is 16.6. The molecule has 3 nitrogen and oxygen atoms in total. The maximum Gasteiger partial charge on any atom is 0.0781 e. The molecule has 0 radical (unpaired) electrons. The highest BCUT2D eigenvalue weighted by molar-refractivity contribution is 4.67. The molecule has 2 unspecified atom stereocenters. The topological polar surface area (TPSA) is 27.7 Å². The Morgan fingerprint density at radius 3 is 2.11 bits per heavy atom. The van der Waals surface area contributed by atoms with Gasteiger partial charge in [0, 0.05) is 0 Å². The van der Waals surface area contributed by atoms with Gasteiger partial charge in [0.05, 0.1) is 38.1 Å². The van der Waals surface area contributed by atoms with Gasteiger partial charge >= 0.3 is 0 Å². The molecule has 114 valence electrons. The highest BCUT2D eigenvalue weighted by Gasteiger charge is 2.17. The van der Waals surface area contributed by atoms with Crippen molar-refractivity contribution in [1.82, 2.24) is 0 Å². The van der Waals surface area contributed by atoms with Crippen molar-refractivity contribution in [1.29, 1.82) is 0 Å². The van der Waals surface area contributed by atoms with E-state index in [9.17, 15) is 0 Å². The van der Waals surface area contributed by atoms with E-state index in [-0.39, 0.29) is 17.6 Å². The number of ether oxygens (including phenoxy) is 3. The first-order chi connectivity index (χ1) is 8.87. The van der Waals surface area contributed by atoms with Crippen molar-refractivity contribution >= 4 is 0 Å². The molecule has 0 aromatic carbocycles. The molecule has 1 aliphatic rings. The van der Waals surface area contributed by atoms with Gasteiger partial charge < -0.3 is 14.2 Å². The lowest BCUT2D eigenvalue weighted by Crippen LogP contribution is -2.27. The number of hydrogen-bond acceptors (Lipinski definition) is 3. The summed E-state index contributed by atoms with van der Waals surface area (Å²) >= 11 is 0. The summed E-state index contributed by atoms with van der Waals surface area (Å²) in [5.41, 5.74) is 0.214. The van der Waals surface area contributed by atoms with Crippen LogP contribution in [0.15, 0.2) is 0 Å². The van der Waals surface area contributed by atoms with Crippen molar-refractivity contribution in [3.63, 3.8) is 0 Å². The molecule has 0 N–H and O–H groups in total. The Hall–Kier alpha value is -0.120. The summed E-state index contributed by atoms with van der Waals surface area (Å²) in [6.45, 7) is 12.8. The standard InChI is InChI=1S/C16H32O3/c1-13(11-18-15-8-6-7-9-15)17-10-14(2)19-12-16(3,4)5/h13-15H,6-12H2,1-5H3. The van der Waals surface area contributed by atoms with Crippen LogP contribution in [0.25, 0.3) is 0 Å². The minimum absolute atomic E-state index is 0.146. The minimum Gasteiger partial charge on any atom is -0.376 e. The summed E-state index contributed by atoms with van der Waals surface area (Å²) in [5, 5.41) is 0. The summed E-state index contributed by atoms with van der Waals surface area (Å²) in [4.78, 5) is 0. The van der Waals surface area contributed by atoms with Crippen LogP contribution in [0.3, 0.4) is 0 Å².